The van der Waals surface area contributed by atoms with Gasteiger partial charge in [0.25, 0.3) is 0 Å². The van der Waals surface area contributed by atoms with Crippen LogP contribution in [0.1, 0.15) is 25.0 Å². The molecule has 2 heterocycles. The Labute approximate surface area is 214 Å². The van der Waals surface area contributed by atoms with Gasteiger partial charge >= 0.3 is 215 Å². The number of nitrogens with zero attached hydrogens (tertiary/aromatic N) is 2. The molecule has 0 unspecified atom stereocenters. The molecule has 4 rings (SSSR count). The van der Waals surface area contributed by atoms with Crippen LogP contribution in [0.15, 0.2) is 46.3 Å². The van der Waals surface area contributed by atoms with Crippen molar-refractivity contribution in [3.63, 3.8) is 0 Å². The summed E-state index contributed by atoms with van der Waals surface area (Å²) in [7, 11) is 6.30. The Hall–Kier alpha value is -1.85. The number of hydrogen-bond donors (Lipinski definition) is 1. The second-order valence-corrected chi connectivity index (χ2v) is 12.5. The summed E-state index contributed by atoms with van der Waals surface area (Å²) in [5, 5.41) is 12.0. The number of fused-ring (bicyclic) bond motifs is 2. The molecule has 0 spiro atoms. The summed E-state index contributed by atoms with van der Waals surface area (Å²) in [6, 6.07) is 11.7. The molecule has 0 bridgehead atoms. The van der Waals surface area contributed by atoms with Crippen molar-refractivity contribution in [1.82, 2.24) is 9.80 Å². The zero-order valence-electron chi connectivity index (χ0n) is 20.6. The Morgan fingerprint density at radius 2 is 1.50 bits per heavy atom. The van der Waals surface area contributed by atoms with Crippen LogP contribution in [0.25, 0.3) is 19.3 Å². The summed E-state index contributed by atoms with van der Waals surface area (Å²) in [4.78, 5) is 20.1. The number of esters is 1. The molecule has 0 aliphatic carbocycles. The molecule has 0 aliphatic rings. The summed E-state index contributed by atoms with van der Waals surface area (Å²) < 4.78 is 7.93. The van der Waals surface area contributed by atoms with Crippen molar-refractivity contribution < 1.29 is 14.6 Å². The molecule has 1 N–H and O–H groups in total. The fraction of sp³-hybridized carbons (Fsp3) is 0.370. The molecule has 0 atom stereocenters. The Kier molecular flexibility index (Phi) is 10.0. The monoisotopic (exact) mass is 594 g/mol. The van der Waals surface area contributed by atoms with Gasteiger partial charge in [-0.2, -0.15) is 0 Å². The van der Waals surface area contributed by atoms with Crippen molar-refractivity contribution in [3.05, 3.63) is 57.4 Å². The van der Waals surface area contributed by atoms with Crippen molar-refractivity contribution in [2.45, 2.75) is 26.7 Å². The molecule has 4 aromatic rings. The van der Waals surface area contributed by atoms with Gasteiger partial charge in [-0.25, -0.2) is 0 Å². The second-order valence-electron chi connectivity index (χ2n) is 8.65. The number of phenols is 1. The Bertz CT molecular complexity index is 1230. The normalized spacial score (nSPS) is 11.3. The van der Waals surface area contributed by atoms with Crippen molar-refractivity contribution in [2.24, 2.45) is 0 Å². The summed E-state index contributed by atoms with van der Waals surface area (Å²) in [6.07, 6.45) is 2.13. The average molecular weight is 593 g/mol. The molecule has 0 saturated heterocycles. The second kappa shape index (κ2) is 12.7. The van der Waals surface area contributed by atoms with E-state index in [0.29, 0.717) is 40.5 Å². The summed E-state index contributed by atoms with van der Waals surface area (Å²) >= 11 is 0.884. The molecule has 0 saturated carbocycles. The first-order valence-corrected chi connectivity index (χ1v) is 15.2. The molecule has 7 heteroatoms. The van der Waals surface area contributed by atoms with Crippen LogP contribution in [0.4, 0.5) is 0 Å². The van der Waals surface area contributed by atoms with E-state index in [1.807, 2.05) is 18.2 Å². The van der Waals surface area contributed by atoms with Gasteiger partial charge in [-0.3, -0.25) is 0 Å². The van der Waals surface area contributed by atoms with E-state index in [2.05, 4.69) is 59.9 Å². The fourth-order valence-electron chi connectivity index (χ4n) is 3.56. The standard InChI is InChI=1S/C14H17NO2Se.C13H17NOSe/c1-10(16)17-12-4-5-14-13(8-12)11(9-18-14)6-7-15(2)3;1-3-14(2)7-6-10-9-16-13-5-4-11(15)8-12(10)13/h4-5,8-9H,6-7H2,1-3H3;4-5,8-9,15H,3,6-7H2,1-2H3. The topological polar surface area (TPSA) is 53.0 Å². The maximum absolute atomic E-state index is 11.0. The third-order valence-corrected chi connectivity index (χ3v) is 9.90. The molecule has 0 fully saturated rings. The molecular formula is C27H34N2O3Se2. The summed E-state index contributed by atoms with van der Waals surface area (Å²) in [5.41, 5.74) is 2.79. The quantitative estimate of drug-likeness (QED) is 0.190. The number of carbonyl (C=O) groups excluding carboxylic acids is 1. The van der Waals surface area contributed by atoms with Crippen LogP contribution in [0.3, 0.4) is 0 Å². The van der Waals surface area contributed by atoms with E-state index in [-0.39, 0.29) is 5.97 Å². The van der Waals surface area contributed by atoms with E-state index in [1.54, 1.807) is 6.07 Å². The summed E-state index contributed by atoms with van der Waals surface area (Å²) in [5.74, 6) is 0.762. The maximum atomic E-state index is 11.0. The number of rotatable bonds is 8. The molecule has 5 nitrogen and oxygen atoms in total. The number of phenolic OH excluding ortho intramolecular Hbond substituents is 1. The van der Waals surface area contributed by atoms with Gasteiger partial charge < -0.3 is 0 Å². The molecule has 0 aliphatic heterocycles. The van der Waals surface area contributed by atoms with E-state index in [0.717, 1.165) is 32.5 Å². The molecule has 182 valence electrons. The van der Waals surface area contributed by atoms with Gasteiger partial charge in [0.2, 0.25) is 0 Å². The van der Waals surface area contributed by atoms with Crippen molar-refractivity contribution in [2.75, 3.05) is 40.8 Å². The van der Waals surface area contributed by atoms with Gasteiger partial charge in [-0.1, -0.05) is 0 Å². The molecule has 34 heavy (non-hydrogen) atoms. The first-order valence-electron chi connectivity index (χ1n) is 11.5. The van der Waals surface area contributed by atoms with Gasteiger partial charge in [0, 0.05) is 0 Å². The fourth-order valence-corrected chi connectivity index (χ4v) is 7.66. The Balaban J connectivity index is 0.000000192. The van der Waals surface area contributed by atoms with Crippen LogP contribution in [0.2, 0.25) is 0 Å². The zero-order chi connectivity index (χ0) is 24.7. The SMILES string of the molecule is CC(=O)Oc1ccc2[se]cc(CCN(C)C)c2c1.CCN(C)CCc1c[se]c2ccc(O)cc12. The van der Waals surface area contributed by atoms with E-state index < -0.39 is 0 Å². The van der Waals surface area contributed by atoms with Crippen LogP contribution in [0, 0.1) is 0 Å². The number of benzene rings is 2. The van der Waals surface area contributed by atoms with Gasteiger partial charge in [0.05, 0.1) is 0 Å². The van der Waals surface area contributed by atoms with Crippen LogP contribution in [-0.2, 0) is 17.6 Å². The van der Waals surface area contributed by atoms with Crippen LogP contribution < -0.4 is 4.74 Å². The molecule has 0 amide bonds. The molecule has 2 aromatic carbocycles. The van der Waals surface area contributed by atoms with E-state index in [9.17, 15) is 9.90 Å². The molecular weight excluding hydrogens is 558 g/mol. The average Bonchev–Trinajstić information content (AvgIpc) is 3.39. The third-order valence-electron chi connectivity index (χ3n) is 5.66. The van der Waals surface area contributed by atoms with Gasteiger partial charge in [0.15, 0.2) is 0 Å². The van der Waals surface area contributed by atoms with E-state index in [4.69, 9.17) is 4.74 Å². The van der Waals surface area contributed by atoms with Crippen molar-refractivity contribution in [3.8, 4) is 11.5 Å². The minimum atomic E-state index is -0.266. The number of hydrogen-bond acceptors (Lipinski definition) is 5. The number of ether oxygens (including phenoxy) is 1. The minimum absolute atomic E-state index is 0.266. The number of carbonyl (C=O) groups is 1. The number of likely N-dealkylation sites (N-methyl/N-ethyl adjacent to an activating group) is 2. The van der Waals surface area contributed by atoms with Crippen LogP contribution in [-0.4, -0.2) is 90.7 Å². The Morgan fingerprint density at radius 1 is 0.912 bits per heavy atom. The Morgan fingerprint density at radius 3 is 2.09 bits per heavy atom. The van der Waals surface area contributed by atoms with Gasteiger partial charge in [-0.05, 0) is 0 Å². The summed E-state index contributed by atoms with van der Waals surface area (Å²) in [6.45, 7) is 6.82. The first-order chi connectivity index (χ1) is 16.3. The predicted octanol–water partition coefficient (Wildman–Crippen LogP) is 4.02. The molecule has 2 aromatic heterocycles. The van der Waals surface area contributed by atoms with Crippen LogP contribution >= 0.6 is 0 Å². The first kappa shape index (κ1) is 26.7. The van der Waals surface area contributed by atoms with E-state index in [1.165, 1.54) is 37.3 Å². The number of aromatic hydroxyl groups is 1. The zero-order valence-corrected chi connectivity index (χ0v) is 24.1. The van der Waals surface area contributed by atoms with Crippen LogP contribution in [0.5, 0.6) is 11.5 Å². The van der Waals surface area contributed by atoms with Gasteiger partial charge in [-0.15, -0.1) is 0 Å². The van der Waals surface area contributed by atoms with Crippen molar-refractivity contribution in [1.29, 1.82) is 0 Å². The molecule has 0 radical (unpaired) electrons. The van der Waals surface area contributed by atoms with Gasteiger partial charge in [0.1, 0.15) is 0 Å². The predicted molar refractivity (Wildman–Crippen MR) is 144 cm³/mol. The third kappa shape index (κ3) is 7.58. The van der Waals surface area contributed by atoms with Crippen molar-refractivity contribution >= 4 is 54.3 Å². The van der Waals surface area contributed by atoms with E-state index >= 15 is 0 Å².